The zero-order chi connectivity index (χ0) is 14.7. The topological polar surface area (TPSA) is 98.2 Å². The minimum atomic E-state index is -0.513. The van der Waals surface area contributed by atoms with E-state index in [0.717, 1.165) is 0 Å². The van der Waals surface area contributed by atoms with Crippen LogP contribution in [-0.2, 0) is 0 Å². The molecule has 0 unspecified atom stereocenters. The maximum atomic E-state index is 12.1. The summed E-state index contributed by atoms with van der Waals surface area (Å²) in [6, 6.07) is 11.3. The summed E-state index contributed by atoms with van der Waals surface area (Å²) in [5, 5.41) is 2.72. The molecule has 2 aromatic rings. The summed E-state index contributed by atoms with van der Waals surface area (Å²) in [6.45, 7) is 0. The van der Waals surface area contributed by atoms with E-state index in [1.807, 2.05) is 0 Å². The van der Waals surface area contributed by atoms with Crippen molar-refractivity contribution in [1.29, 1.82) is 0 Å². The minimum absolute atomic E-state index is 0.295. The van der Waals surface area contributed by atoms with E-state index < -0.39 is 5.91 Å². The van der Waals surface area contributed by atoms with Gasteiger partial charge in [-0.15, -0.1) is 0 Å². The summed E-state index contributed by atoms with van der Waals surface area (Å²) in [4.78, 5) is 23.1. The molecule has 0 aliphatic carbocycles. The first-order valence-corrected chi connectivity index (χ1v) is 6.53. The van der Waals surface area contributed by atoms with Gasteiger partial charge in [-0.1, -0.05) is 0 Å². The third kappa shape index (κ3) is 3.16. The summed E-state index contributed by atoms with van der Waals surface area (Å²) >= 11 is 3.30. The number of nitrogens with one attached hydrogen (secondary N) is 1. The van der Waals surface area contributed by atoms with Crippen LogP contribution in [0.2, 0.25) is 0 Å². The molecule has 20 heavy (non-hydrogen) atoms. The van der Waals surface area contributed by atoms with Gasteiger partial charge < -0.3 is 16.8 Å². The zero-order valence-electron chi connectivity index (χ0n) is 10.4. The molecule has 5 N–H and O–H groups in total. The predicted octanol–water partition coefficient (Wildman–Crippen LogP) is 2.38. The molecule has 2 rings (SSSR count). The van der Waals surface area contributed by atoms with E-state index in [4.69, 9.17) is 11.5 Å². The van der Waals surface area contributed by atoms with E-state index >= 15 is 0 Å². The Bertz CT molecular complexity index is 669. The maximum Gasteiger partial charge on any atom is 0.256 e. The highest BCUT2D eigenvalue weighted by Crippen LogP contribution is 2.21. The Labute approximate surface area is 124 Å². The third-order valence-corrected chi connectivity index (χ3v) is 3.35. The van der Waals surface area contributed by atoms with Crippen molar-refractivity contribution in [2.24, 2.45) is 5.73 Å². The minimum Gasteiger partial charge on any atom is -0.399 e. The third-order valence-electron chi connectivity index (χ3n) is 2.66. The highest BCUT2D eigenvalue weighted by atomic mass is 79.9. The quantitative estimate of drug-likeness (QED) is 0.752. The van der Waals surface area contributed by atoms with Gasteiger partial charge in [0.15, 0.2) is 0 Å². The number of hydrogen-bond acceptors (Lipinski definition) is 3. The Hall–Kier alpha value is -2.34. The standard InChI is InChI=1S/C14H12BrN3O2/c15-12-6-3-9(16)7-11(12)14(20)18-10-4-1-8(2-5-10)13(17)19/h1-7H,16H2,(H2,17,19)(H,18,20). The Balaban J connectivity index is 2.19. The van der Waals surface area contributed by atoms with Crippen LogP contribution in [0, 0.1) is 0 Å². The number of nitrogens with two attached hydrogens (primary N) is 2. The van der Waals surface area contributed by atoms with E-state index in [9.17, 15) is 9.59 Å². The first kappa shape index (κ1) is 14.1. The number of primary amides is 1. The van der Waals surface area contributed by atoms with Gasteiger partial charge in [0.2, 0.25) is 5.91 Å². The molecule has 5 nitrogen and oxygen atoms in total. The lowest BCUT2D eigenvalue weighted by Gasteiger charge is -2.08. The second-order valence-electron chi connectivity index (χ2n) is 4.14. The summed E-state index contributed by atoms with van der Waals surface area (Å²) in [5.74, 6) is -0.808. The second-order valence-corrected chi connectivity index (χ2v) is 4.99. The van der Waals surface area contributed by atoms with Crippen molar-refractivity contribution in [3.63, 3.8) is 0 Å². The number of amides is 2. The predicted molar refractivity (Wildman–Crippen MR) is 81.5 cm³/mol. The number of benzene rings is 2. The number of hydrogen-bond donors (Lipinski definition) is 3. The van der Waals surface area contributed by atoms with Gasteiger partial charge in [0.05, 0.1) is 5.56 Å². The molecule has 0 aliphatic heterocycles. The summed E-state index contributed by atoms with van der Waals surface area (Å²) in [6.07, 6.45) is 0. The van der Waals surface area contributed by atoms with Crippen LogP contribution in [0.4, 0.5) is 11.4 Å². The Morgan fingerprint density at radius 1 is 1.05 bits per heavy atom. The molecule has 0 saturated heterocycles. The van der Waals surface area contributed by atoms with Crippen LogP contribution in [0.3, 0.4) is 0 Å². The van der Waals surface area contributed by atoms with Crippen LogP contribution >= 0.6 is 15.9 Å². The van der Waals surface area contributed by atoms with Crippen molar-refractivity contribution < 1.29 is 9.59 Å². The molecule has 0 aromatic heterocycles. The van der Waals surface area contributed by atoms with Gasteiger partial charge in [0.1, 0.15) is 0 Å². The highest BCUT2D eigenvalue weighted by Gasteiger charge is 2.11. The SMILES string of the molecule is NC(=O)c1ccc(NC(=O)c2cc(N)ccc2Br)cc1. The monoisotopic (exact) mass is 333 g/mol. The first-order valence-electron chi connectivity index (χ1n) is 5.73. The molecule has 6 heteroatoms. The van der Waals surface area contributed by atoms with E-state index in [2.05, 4.69) is 21.2 Å². The number of carbonyl (C=O) groups is 2. The van der Waals surface area contributed by atoms with Crippen LogP contribution in [-0.4, -0.2) is 11.8 Å². The van der Waals surface area contributed by atoms with E-state index in [0.29, 0.717) is 27.0 Å². The van der Waals surface area contributed by atoms with Crippen LogP contribution in [0.1, 0.15) is 20.7 Å². The normalized spacial score (nSPS) is 10.1. The number of halogens is 1. The first-order chi connectivity index (χ1) is 9.47. The fourth-order valence-electron chi connectivity index (χ4n) is 1.63. The molecule has 102 valence electrons. The number of anilines is 2. The van der Waals surface area contributed by atoms with Crippen molar-refractivity contribution in [2.45, 2.75) is 0 Å². The lowest BCUT2D eigenvalue weighted by Crippen LogP contribution is -2.14. The van der Waals surface area contributed by atoms with Crippen molar-refractivity contribution in [2.75, 3.05) is 11.1 Å². The fraction of sp³-hybridized carbons (Fsp3) is 0. The van der Waals surface area contributed by atoms with Crippen molar-refractivity contribution >= 4 is 39.1 Å². The van der Waals surface area contributed by atoms with E-state index in [-0.39, 0.29) is 5.91 Å². The van der Waals surface area contributed by atoms with Gasteiger partial charge in [-0.05, 0) is 58.4 Å². The van der Waals surface area contributed by atoms with Crippen molar-refractivity contribution in [1.82, 2.24) is 0 Å². The molecular weight excluding hydrogens is 322 g/mol. The van der Waals surface area contributed by atoms with Gasteiger partial charge in [0, 0.05) is 21.4 Å². The molecule has 0 bridgehead atoms. The Morgan fingerprint density at radius 2 is 1.70 bits per heavy atom. The average Bonchev–Trinajstić information content (AvgIpc) is 2.42. The summed E-state index contributed by atoms with van der Waals surface area (Å²) < 4.78 is 0.651. The number of carbonyl (C=O) groups excluding carboxylic acids is 2. The van der Waals surface area contributed by atoms with Gasteiger partial charge in [0.25, 0.3) is 5.91 Å². The van der Waals surface area contributed by atoms with Gasteiger partial charge in [-0.3, -0.25) is 9.59 Å². The summed E-state index contributed by atoms with van der Waals surface area (Å²) in [7, 11) is 0. The van der Waals surface area contributed by atoms with Crippen molar-refractivity contribution in [3.05, 3.63) is 58.1 Å². The molecule has 0 atom stereocenters. The molecule has 0 radical (unpaired) electrons. The number of nitrogen functional groups attached to an aromatic ring is 1. The van der Waals surface area contributed by atoms with Crippen LogP contribution in [0.5, 0.6) is 0 Å². The fourth-order valence-corrected chi connectivity index (χ4v) is 2.06. The Kier molecular flexibility index (Phi) is 4.05. The summed E-state index contributed by atoms with van der Waals surface area (Å²) in [5.41, 5.74) is 12.7. The average molecular weight is 334 g/mol. The van der Waals surface area contributed by atoms with Gasteiger partial charge >= 0.3 is 0 Å². The van der Waals surface area contributed by atoms with Crippen LogP contribution in [0.15, 0.2) is 46.9 Å². The molecular formula is C14H12BrN3O2. The number of rotatable bonds is 3. The lowest BCUT2D eigenvalue weighted by atomic mass is 10.1. The van der Waals surface area contributed by atoms with Crippen LogP contribution in [0.25, 0.3) is 0 Å². The molecule has 0 fully saturated rings. The highest BCUT2D eigenvalue weighted by molar-refractivity contribution is 9.10. The van der Waals surface area contributed by atoms with Gasteiger partial charge in [-0.2, -0.15) is 0 Å². The smallest absolute Gasteiger partial charge is 0.256 e. The molecule has 2 amide bonds. The second kappa shape index (κ2) is 5.75. The molecule has 0 heterocycles. The van der Waals surface area contributed by atoms with Gasteiger partial charge in [-0.25, -0.2) is 0 Å². The van der Waals surface area contributed by atoms with Crippen LogP contribution < -0.4 is 16.8 Å². The van der Waals surface area contributed by atoms with E-state index in [1.165, 1.54) is 0 Å². The lowest BCUT2D eigenvalue weighted by molar-refractivity contribution is 0.0998. The maximum absolute atomic E-state index is 12.1. The van der Waals surface area contributed by atoms with E-state index in [1.54, 1.807) is 42.5 Å². The largest absolute Gasteiger partial charge is 0.399 e. The molecule has 0 aliphatic rings. The molecule has 0 saturated carbocycles. The molecule has 2 aromatic carbocycles. The van der Waals surface area contributed by atoms with Crippen molar-refractivity contribution in [3.8, 4) is 0 Å². The Morgan fingerprint density at radius 3 is 2.30 bits per heavy atom. The molecule has 0 spiro atoms. The zero-order valence-corrected chi connectivity index (χ0v) is 12.0.